The predicted molar refractivity (Wildman–Crippen MR) is 47.1 cm³/mol. The SMILES string of the molecule is C=C(C=CC(=O)O)C(=O)OCCC#N. The Morgan fingerprint density at radius 1 is 1.50 bits per heavy atom. The Kier molecular flexibility index (Phi) is 5.47. The molecule has 0 bridgehead atoms. The van der Waals surface area contributed by atoms with Crippen LogP contribution in [0, 0.1) is 11.3 Å². The molecule has 5 heteroatoms. The van der Waals surface area contributed by atoms with Crippen LogP contribution in [-0.2, 0) is 14.3 Å². The average Bonchev–Trinajstić information content (AvgIpc) is 2.14. The van der Waals surface area contributed by atoms with Gasteiger partial charge in [0.1, 0.15) is 6.61 Å². The third-order valence-corrected chi connectivity index (χ3v) is 1.14. The van der Waals surface area contributed by atoms with Gasteiger partial charge in [0.25, 0.3) is 0 Å². The van der Waals surface area contributed by atoms with Crippen LogP contribution < -0.4 is 0 Å². The lowest BCUT2D eigenvalue weighted by Crippen LogP contribution is -2.06. The van der Waals surface area contributed by atoms with E-state index in [4.69, 9.17) is 10.4 Å². The zero-order chi connectivity index (χ0) is 11.0. The first-order valence-corrected chi connectivity index (χ1v) is 3.72. The fourth-order valence-electron chi connectivity index (χ4n) is 0.522. The van der Waals surface area contributed by atoms with Gasteiger partial charge in [0.15, 0.2) is 0 Å². The molecule has 0 saturated heterocycles. The fraction of sp³-hybridized carbons (Fsp3) is 0.222. The molecule has 0 unspecified atom stereocenters. The minimum absolute atomic E-state index is 0.0186. The predicted octanol–water partition coefficient (Wildman–Crippen LogP) is 0.640. The Morgan fingerprint density at radius 3 is 2.64 bits per heavy atom. The van der Waals surface area contributed by atoms with Gasteiger partial charge in [-0.25, -0.2) is 9.59 Å². The minimum Gasteiger partial charge on any atom is -0.478 e. The van der Waals surface area contributed by atoms with Crippen LogP contribution in [-0.4, -0.2) is 23.7 Å². The van der Waals surface area contributed by atoms with Gasteiger partial charge in [-0.3, -0.25) is 0 Å². The van der Waals surface area contributed by atoms with Crippen molar-refractivity contribution >= 4 is 11.9 Å². The summed E-state index contributed by atoms with van der Waals surface area (Å²) >= 11 is 0. The van der Waals surface area contributed by atoms with Crippen molar-refractivity contribution in [1.82, 2.24) is 0 Å². The molecule has 1 N–H and O–H groups in total. The molecule has 0 aromatic carbocycles. The summed E-state index contributed by atoms with van der Waals surface area (Å²) in [7, 11) is 0. The summed E-state index contributed by atoms with van der Waals surface area (Å²) in [6, 6.07) is 1.79. The molecule has 14 heavy (non-hydrogen) atoms. The van der Waals surface area contributed by atoms with Gasteiger partial charge in [-0.05, 0) is 6.08 Å². The first-order chi connectivity index (χ1) is 6.57. The van der Waals surface area contributed by atoms with Gasteiger partial charge in [-0.15, -0.1) is 0 Å². The highest BCUT2D eigenvalue weighted by Crippen LogP contribution is 1.97. The highest BCUT2D eigenvalue weighted by atomic mass is 16.5. The van der Waals surface area contributed by atoms with Crippen LogP contribution in [0.3, 0.4) is 0 Å². The smallest absolute Gasteiger partial charge is 0.337 e. The van der Waals surface area contributed by atoms with Crippen LogP contribution in [0.5, 0.6) is 0 Å². The molecule has 0 radical (unpaired) electrons. The molecule has 0 amide bonds. The third-order valence-electron chi connectivity index (χ3n) is 1.14. The molecule has 0 aliphatic carbocycles. The summed E-state index contributed by atoms with van der Waals surface area (Å²) in [6.07, 6.45) is 1.92. The van der Waals surface area contributed by atoms with Gasteiger partial charge in [0.2, 0.25) is 0 Å². The highest BCUT2D eigenvalue weighted by Gasteiger charge is 2.04. The van der Waals surface area contributed by atoms with E-state index in [2.05, 4.69) is 11.3 Å². The van der Waals surface area contributed by atoms with Crippen LogP contribution in [0.2, 0.25) is 0 Å². The molecule has 0 aromatic rings. The second kappa shape index (κ2) is 6.43. The molecule has 0 saturated carbocycles. The molecule has 0 heterocycles. The Hall–Kier alpha value is -2.09. The number of nitriles is 1. The number of carbonyl (C=O) groups is 2. The first-order valence-electron chi connectivity index (χ1n) is 3.72. The Labute approximate surface area is 80.9 Å². The molecule has 0 spiro atoms. The van der Waals surface area contributed by atoms with Gasteiger partial charge in [-0.1, -0.05) is 6.58 Å². The summed E-state index contributed by atoms with van der Waals surface area (Å²) < 4.78 is 4.57. The van der Waals surface area contributed by atoms with Gasteiger partial charge >= 0.3 is 11.9 Å². The second-order valence-electron chi connectivity index (χ2n) is 2.24. The Balaban J connectivity index is 3.96. The number of ether oxygens (including phenoxy) is 1. The molecular weight excluding hydrogens is 186 g/mol. The van der Waals surface area contributed by atoms with Crippen LogP contribution in [0.15, 0.2) is 24.3 Å². The molecule has 0 aromatic heterocycles. The van der Waals surface area contributed by atoms with E-state index in [-0.39, 0.29) is 18.6 Å². The van der Waals surface area contributed by atoms with E-state index >= 15 is 0 Å². The quantitative estimate of drug-likeness (QED) is 0.301. The van der Waals surface area contributed by atoms with Crippen molar-refractivity contribution in [3.63, 3.8) is 0 Å². The van der Waals surface area contributed by atoms with E-state index in [0.29, 0.717) is 0 Å². The van der Waals surface area contributed by atoms with Crippen LogP contribution in [0.4, 0.5) is 0 Å². The van der Waals surface area contributed by atoms with Crippen molar-refractivity contribution < 1.29 is 19.4 Å². The lowest BCUT2D eigenvalue weighted by atomic mass is 10.3. The molecular formula is C9H9NO4. The lowest BCUT2D eigenvalue weighted by molar-refractivity contribution is -0.138. The van der Waals surface area contributed by atoms with Crippen molar-refractivity contribution in [2.45, 2.75) is 6.42 Å². The standard InChI is InChI=1S/C9H9NO4/c1-7(3-4-8(11)12)9(13)14-6-2-5-10/h3-4H,1-2,6H2,(H,11,12). The molecule has 0 aliphatic heterocycles. The number of carbonyl (C=O) groups excluding carboxylic acids is 1. The van der Waals surface area contributed by atoms with E-state index in [9.17, 15) is 9.59 Å². The molecule has 0 fully saturated rings. The van der Waals surface area contributed by atoms with E-state index in [0.717, 1.165) is 12.2 Å². The largest absolute Gasteiger partial charge is 0.478 e. The van der Waals surface area contributed by atoms with Gasteiger partial charge in [0.05, 0.1) is 18.1 Å². The summed E-state index contributed by atoms with van der Waals surface area (Å²) in [6.45, 7) is 3.28. The molecule has 74 valence electrons. The topological polar surface area (TPSA) is 87.4 Å². The second-order valence-corrected chi connectivity index (χ2v) is 2.24. The van der Waals surface area contributed by atoms with Crippen molar-refractivity contribution in [3.05, 3.63) is 24.3 Å². The zero-order valence-electron chi connectivity index (χ0n) is 7.40. The van der Waals surface area contributed by atoms with E-state index in [1.807, 2.05) is 0 Å². The van der Waals surface area contributed by atoms with Crippen LogP contribution in [0.25, 0.3) is 0 Å². The van der Waals surface area contributed by atoms with Crippen molar-refractivity contribution in [3.8, 4) is 6.07 Å². The zero-order valence-corrected chi connectivity index (χ0v) is 7.40. The van der Waals surface area contributed by atoms with Crippen molar-refractivity contribution in [2.24, 2.45) is 0 Å². The first kappa shape index (κ1) is 11.9. The highest BCUT2D eigenvalue weighted by molar-refractivity contribution is 5.93. The third kappa shape index (κ3) is 5.55. The van der Waals surface area contributed by atoms with Crippen molar-refractivity contribution in [1.29, 1.82) is 5.26 Å². The maximum absolute atomic E-state index is 11.0. The Bertz CT molecular complexity index is 311. The minimum atomic E-state index is -1.17. The number of carboxylic acid groups (broad SMARTS) is 1. The van der Waals surface area contributed by atoms with Gasteiger partial charge in [-0.2, -0.15) is 5.26 Å². The van der Waals surface area contributed by atoms with Gasteiger partial charge < -0.3 is 9.84 Å². The Morgan fingerprint density at radius 2 is 2.14 bits per heavy atom. The van der Waals surface area contributed by atoms with E-state index in [1.54, 1.807) is 6.07 Å². The monoisotopic (exact) mass is 195 g/mol. The van der Waals surface area contributed by atoms with Gasteiger partial charge in [0, 0.05) is 6.08 Å². The fourth-order valence-corrected chi connectivity index (χ4v) is 0.522. The average molecular weight is 195 g/mol. The maximum atomic E-state index is 11.0. The number of carboxylic acids is 1. The van der Waals surface area contributed by atoms with Crippen LogP contribution in [0.1, 0.15) is 6.42 Å². The normalized spacial score (nSPS) is 9.36. The number of aliphatic carboxylic acids is 1. The molecule has 0 rings (SSSR count). The number of hydrogen-bond acceptors (Lipinski definition) is 4. The van der Waals surface area contributed by atoms with E-state index in [1.165, 1.54) is 0 Å². The molecule has 5 nitrogen and oxygen atoms in total. The number of rotatable bonds is 5. The molecule has 0 aliphatic rings. The summed E-state index contributed by atoms with van der Waals surface area (Å²) in [5, 5.41) is 16.4. The summed E-state index contributed by atoms with van der Waals surface area (Å²) in [5.41, 5.74) is -0.0645. The summed E-state index contributed by atoms with van der Waals surface area (Å²) in [4.78, 5) is 21.0. The van der Waals surface area contributed by atoms with Crippen molar-refractivity contribution in [2.75, 3.05) is 6.61 Å². The number of esters is 1. The summed E-state index contributed by atoms with van der Waals surface area (Å²) in [5.74, 6) is -1.89. The van der Waals surface area contributed by atoms with Crippen LogP contribution >= 0.6 is 0 Å². The lowest BCUT2D eigenvalue weighted by Gasteiger charge is -2.00. The number of nitrogens with zero attached hydrogens (tertiary/aromatic N) is 1. The maximum Gasteiger partial charge on any atom is 0.337 e. The number of hydrogen-bond donors (Lipinski definition) is 1. The van der Waals surface area contributed by atoms with E-state index < -0.39 is 11.9 Å². The molecule has 0 atom stereocenters.